The van der Waals surface area contributed by atoms with Crippen molar-refractivity contribution in [1.82, 2.24) is 0 Å². The van der Waals surface area contributed by atoms with Gasteiger partial charge in [-0.1, -0.05) is 56.7 Å². The Labute approximate surface area is 70.3 Å². The molecule has 0 heteroatoms. The quantitative estimate of drug-likeness (QED) is 0.306. The molecule has 0 amide bonds. The summed E-state index contributed by atoms with van der Waals surface area (Å²) in [5.41, 5.74) is 0. The second-order valence-electron chi connectivity index (χ2n) is 2.51. The van der Waals surface area contributed by atoms with Gasteiger partial charge in [-0.25, -0.2) is 0 Å². The van der Waals surface area contributed by atoms with Crippen LogP contribution in [0.3, 0.4) is 0 Å². The summed E-state index contributed by atoms with van der Waals surface area (Å²) in [5.74, 6) is 0. The highest BCUT2D eigenvalue weighted by Crippen LogP contribution is 1.96. The Bertz CT molecular complexity index is 129. The lowest BCUT2D eigenvalue weighted by atomic mass is 10.2. The number of hydrogen-bond acceptors (Lipinski definition) is 0. The number of allylic oxidation sites excluding steroid dienone is 5. The van der Waals surface area contributed by atoms with Gasteiger partial charge in [-0.3, -0.25) is 0 Å². The minimum atomic E-state index is 1.04. The van der Waals surface area contributed by atoms with Crippen molar-refractivity contribution < 1.29 is 0 Å². The van der Waals surface area contributed by atoms with E-state index in [1.165, 1.54) is 19.3 Å². The Hall–Kier alpha value is -0.780. The molecule has 0 bridgehead atoms. The first-order valence-electron chi connectivity index (χ1n) is 4.34. The van der Waals surface area contributed by atoms with E-state index in [-0.39, 0.29) is 0 Å². The minimum Gasteiger partial charge on any atom is -0.0991 e. The van der Waals surface area contributed by atoms with E-state index in [0.717, 1.165) is 6.42 Å². The highest BCUT2D eigenvalue weighted by Gasteiger charge is 1.75. The molecule has 0 spiro atoms. The third-order valence-electron chi connectivity index (χ3n) is 1.44. The highest BCUT2D eigenvalue weighted by atomic mass is 13.8. The summed E-state index contributed by atoms with van der Waals surface area (Å²) in [5, 5.41) is 0. The third-order valence-corrected chi connectivity index (χ3v) is 1.44. The molecule has 0 aromatic heterocycles. The van der Waals surface area contributed by atoms with E-state index >= 15 is 0 Å². The molecule has 0 aliphatic rings. The first-order valence-corrected chi connectivity index (χ1v) is 4.34. The lowest BCUT2D eigenvalue weighted by Gasteiger charge is -1.86. The number of hydrogen-bond donors (Lipinski definition) is 0. The molecule has 0 heterocycles. The molecule has 0 aliphatic heterocycles. The Morgan fingerprint density at radius 1 is 1.18 bits per heavy atom. The van der Waals surface area contributed by atoms with Gasteiger partial charge in [0.2, 0.25) is 0 Å². The van der Waals surface area contributed by atoms with Gasteiger partial charge in [0.25, 0.3) is 0 Å². The van der Waals surface area contributed by atoms with E-state index in [0.29, 0.717) is 0 Å². The molecule has 0 aliphatic carbocycles. The van der Waals surface area contributed by atoms with Gasteiger partial charge >= 0.3 is 0 Å². The molecule has 0 aromatic rings. The first kappa shape index (κ1) is 10.2. The van der Waals surface area contributed by atoms with Crippen molar-refractivity contribution in [2.75, 3.05) is 0 Å². The highest BCUT2D eigenvalue weighted by molar-refractivity contribution is 5.00. The van der Waals surface area contributed by atoms with Crippen molar-refractivity contribution in [2.45, 2.75) is 32.6 Å². The van der Waals surface area contributed by atoms with Crippen LogP contribution in [0.15, 0.2) is 37.0 Å². The maximum Gasteiger partial charge on any atom is -0.0166 e. The summed E-state index contributed by atoms with van der Waals surface area (Å²) in [7, 11) is 0. The molecule has 0 N–H and O–H groups in total. The van der Waals surface area contributed by atoms with Crippen molar-refractivity contribution in [1.29, 1.82) is 0 Å². The standard InChI is InChI=1S/C11H18/c1-3-5-7-9-11-10-8-6-4-2/h3,5,7,10-11H,1,4,6,8-9H2,2H3. The zero-order valence-electron chi connectivity index (χ0n) is 7.42. The Kier molecular flexibility index (Phi) is 8.57. The summed E-state index contributed by atoms with van der Waals surface area (Å²) in [6.07, 6.45) is 15.2. The summed E-state index contributed by atoms with van der Waals surface area (Å²) in [6.45, 7) is 5.81. The second kappa shape index (κ2) is 9.22. The average Bonchev–Trinajstić information content (AvgIpc) is 2.03. The van der Waals surface area contributed by atoms with Crippen LogP contribution in [0.25, 0.3) is 0 Å². The lowest BCUT2D eigenvalue weighted by Crippen LogP contribution is -1.66. The van der Waals surface area contributed by atoms with Crippen LogP contribution in [0, 0.1) is 0 Å². The monoisotopic (exact) mass is 150 g/mol. The molecule has 0 fully saturated rings. The van der Waals surface area contributed by atoms with Gasteiger partial charge in [0, 0.05) is 0 Å². The van der Waals surface area contributed by atoms with Gasteiger partial charge in [-0.2, -0.15) is 0 Å². The zero-order chi connectivity index (χ0) is 8.36. The molecule has 0 unspecified atom stereocenters. The van der Waals surface area contributed by atoms with Crippen LogP contribution in [0.2, 0.25) is 0 Å². The van der Waals surface area contributed by atoms with Crippen LogP contribution in [0.5, 0.6) is 0 Å². The fourth-order valence-corrected chi connectivity index (χ4v) is 0.789. The predicted octanol–water partition coefficient (Wildman–Crippen LogP) is 3.87. The molecular weight excluding hydrogens is 132 g/mol. The van der Waals surface area contributed by atoms with E-state index in [2.05, 4.69) is 31.7 Å². The summed E-state index contributed by atoms with van der Waals surface area (Å²) >= 11 is 0. The Balaban J connectivity index is 3.15. The molecule has 0 nitrogen and oxygen atoms in total. The van der Waals surface area contributed by atoms with E-state index in [4.69, 9.17) is 0 Å². The molecule has 0 saturated carbocycles. The van der Waals surface area contributed by atoms with E-state index < -0.39 is 0 Å². The van der Waals surface area contributed by atoms with Crippen molar-refractivity contribution in [3.8, 4) is 0 Å². The van der Waals surface area contributed by atoms with Gasteiger partial charge in [-0.15, -0.1) is 0 Å². The van der Waals surface area contributed by atoms with Crippen LogP contribution >= 0.6 is 0 Å². The van der Waals surface area contributed by atoms with Crippen molar-refractivity contribution in [2.24, 2.45) is 0 Å². The topological polar surface area (TPSA) is 0 Å². The number of rotatable bonds is 6. The molecule has 0 atom stereocenters. The molecular formula is C11H18. The van der Waals surface area contributed by atoms with Crippen molar-refractivity contribution in [3.05, 3.63) is 37.0 Å². The fourth-order valence-electron chi connectivity index (χ4n) is 0.789. The SMILES string of the molecule is C=CC=CCC=CCCCC. The number of unbranched alkanes of at least 4 members (excludes halogenated alkanes) is 2. The largest absolute Gasteiger partial charge is 0.0991 e. The summed E-state index contributed by atoms with van der Waals surface area (Å²) in [6, 6.07) is 0. The van der Waals surface area contributed by atoms with Crippen LogP contribution in [-0.4, -0.2) is 0 Å². The zero-order valence-corrected chi connectivity index (χ0v) is 7.42. The van der Waals surface area contributed by atoms with Gasteiger partial charge in [0.05, 0.1) is 0 Å². The minimum absolute atomic E-state index is 1.04. The van der Waals surface area contributed by atoms with Crippen molar-refractivity contribution >= 4 is 0 Å². The van der Waals surface area contributed by atoms with Gasteiger partial charge < -0.3 is 0 Å². The molecule has 0 saturated heterocycles. The maximum absolute atomic E-state index is 3.60. The predicted molar refractivity (Wildman–Crippen MR) is 52.6 cm³/mol. The lowest BCUT2D eigenvalue weighted by molar-refractivity contribution is 0.813. The normalized spacial score (nSPS) is 11.4. The maximum atomic E-state index is 3.60. The second-order valence-corrected chi connectivity index (χ2v) is 2.51. The first-order chi connectivity index (χ1) is 5.41. The summed E-state index contributed by atoms with van der Waals surface area (Å²) in [4.78, 5) is 0. The fraction of sp³-hybridized carbons (Fsp3) is 0.455. The summed E-state index contributed by atoms with van der Waals surface area (Å²) < 4.78 is 0. The van der Waals surface area contributed by atoms with Crippen LogP contribution in [0.1, 0.15) is 32.6 Å². The van der Waals surface area contributed by atoms with E-state index in [1.54, 1.807) is 6.08 Å². The smallest absolute Gasteiger partial charge is 0.0166 e. The average molecular weight is 150 g/mol. The molecule has 0 rings (SSSR count). The molecule has 11 heavy (non-hydrogen) atoms. The van der Waals surface area contributed by atoms with Gasteiger partial charge in [0.1, 0.15) is 0 Å². The molecule has 62 valence electrons. The van der Waals surface area contributed by atoms with Crippen LogP contribution < -0.4 is 0 Å². The molecule has 0 aromatic carbocycles. The Morgan fingerprint density at radius 3 is 2.64 bits per heavy atom. The van der Waals surface area contributed by atoms with Crippen LogP contribution in [-0.2, 0) is 0 Å². The van der Waals surface area contributed by atoms with Gasteiger partial charge in [-0.05, 0) is 12.8 Å². The van der Waals surface area contributed by atoms with Crippen molar-refractivity contribution in [3.63, 3.8) is 0 Å². The third kappa shape index (κ3) is 9.22. The van der Waals surface area contributed by atoms with E-state index in [9.17, 15) is 0 Å². The Morgan fingerprint density at radius 2 is 2.00 bits per heavy atom. The molecule has 0 radical (unpaired) electrons. The van der Waals surface area contributed by atoms with E-state index in [1.807, 2.05) is 6.08 Å². The van der Waals surface area contributed by atoms with Crippen LogP contribution in [0.4, 0.5) is 0 Å². The van der Waals surface area contributed by atoms with Gasteiger partial charge in [0.15, 0.2) is 0 Å².